The maximum Gasteiger partial charge on any atom is 0.257 e. The summed E-state index contributed by atoms with van der Waals surface area (Å²) >= 11 is 0. The largest absolute Gasteiger partial charge is 0.473 e. The number of aromatic nitrogens is 3. The van der Waals surface area contributed by atoms with Crippen LogP contribution < -0.4 is 10.1 Å². The van der Waals surface area contributed by atoms with Gasteiger partial charge in [0.1, 0.15) is 6.10 Å². The van der Waals surface area contributed by atoms with Crippen LogP contribution in [0.2, 0.25) is 0 Å². The summed E-state index contributed by atoms with van der Waals surface area (Å²) in [5.41, 5.74) is 2.14. The Kier molecular flexibility index (Phi) is 4.53. The third-order valence-electron chi connectivity index (χ3n) is 4.57. The lowest BCUT2D eigenvalue weighted by molar-refractivity contribution is 0.0996. The lowest BCUT2D eigenvalue weighted by atomic mass is 10.1. The fourth-order valence-electron chi connectivity index (χ4n) is 3.19. The molecular formula is C19H21N5O2. The minimum atomic E-state index is -0.204. The summed E-state index contributed by atoms with van der Waals surface area (Å²) in [5.74, 6) is 0.353. The first-order valence-electron chi connectivity index (χ1n) is 8.73. The number of hydrogen-bond acceptors (Lipinski definition) is 5. The van der Waals surface area contributed by atoms with Gasteiger partial charge in [-0.15, -0.1) is 0 Å². The fourth-order valence-corrected chi connectivity index (χ4v) is 3.19. The van der Waals surface area contributed by atoms with E-state index in [2.05, 4.69) is 32.4 Å². The van der Waals surface area contributed by atoms with Crippen LogP contribution >= 0.6 is 0 Å². The van der Waals surface area contributed by atoms with Crippen molar-refractivity contribution in [3.8, 4) is 5.88 Å². The molecule has 3 heterocycles. The Balaban J connectivity index is 1.40. The van der Waals surface area contributed by atoms with Crippen molar-refractivity contribution >= 4 is 22.5 Å². The number of rotatable bonds is 4. The minimum absolute atomic E-state index is 0.155. The number of carbonyl (C=O) groups is 1. The van der Waals surface area contributed by atoms with Crippen LogP contribution in [0.1, 0.15) is 23.2 Å². The minimum Gasteiger partial charge on any atom is -0.473 e. The van der Waals surface area contributed by atoms with Crippen molar-refractivity contribution in [1.29, 1.82) is 0 Å². The van der Waals surface area contributed by atoms with Gasteiger partial charge in [-0.2, -0.15) is 5.10 Å². The van der Waals surface area contributed by atoms with Gasteiger partial charge in [0.25, 0.3) is 5.91 Å². The molecule has 1 saturated heterocycles. The van der Waals surface area contributed by atoms with Crippen molar-refractivity contribution in [3.05, 3.63) is 48.3 Å². The molecule has 1 unspecified atom stereocenters. The van der Waals surface area contributed by atoms with Crippen LogP contribution in [0.5, 0.6) is 5.88 Å². The van der Waals surface area contributed by atoms with Gasteiger partial charge >= 0.3 is 0 Å². The summed E-state index contributed by atoms with van der Waals surface area (Å²) in [6, 6.07) is 9.09. The highest BCUT2D eigenvalue weighted by Gasteiger charge is 2.19. The molecule has 0 radical (unpaired) electrons. The first kappa shape index (κ1) is 16.5. The number of likely N-dealkylation sites (N-methyl/N-ethyl adjacent to an activating group) is 1. The van der Waals surface area contributed by atoms with Gasteiger partial charge in [0, 0.05) is 29.9 Å². The first-order chi connectivity index (χ1) is 12.7. The molecule has 3 aromatic rings. The zero-order valence-corrected chi connectivity index (χ0v) is 14.6. The molecule has 7 heteroatoms. The summed E-state index contributed by atoms with van der Waals surface area (Å²) in [6.07, 6.45) is 5.59. The van der Waals surface area contributed by atoms with Crippen LogP contribution in [0.25, 0.3) is 10.9 Å². The van der Waals surface area contributed by atoms with Gasteiger partial charge in [-0.25, -0.2) is 4.98 Å². The van der Waals surface area contributed by atoms with E-state index in [1.807, 2.05) is 18.2 Å². The number of ether oxygens (including phenoxy) is 1. The number of amides is 1. The molecule has 1 amide bonds. The highest BCUT2D eigenvalue weighted by Crippen LogP contribution is 2.19. The van der Waals surface area contributed by atoms with E-state index in [1.54, 1.807) is 24.5 Å². The number of aromatic amines is 1. The SMILES string of the molecule is CN1CCCC(Oc2ccc(C(=O)Nc3ccc4[nH]ncc4c3)cn2)C1. The van der Waals surface area contributed by atoms with Gasteiger partial charge in [0.15, 0.2) is 0 Å². The Morgan fingerprint density at radius 2 is 2.23 bits per heavy atom. The van der Waals surface area contributed by atoms with E-state index in [9.17, 15) is 4.79 Å². The standard InChI is InChI=1S/C19H21N5O2/c1-24-8-2-3-16(12-24)26-18-7-4-13(10-20-18)19(25)22-15-5-6-17-14(9-15)11-21-23-17/h4-7,9-11,16H,2-3,8,12H2,1H3,(H,21,23)(H,22,25). The summed E-state index contributed by atoms with van der Waals surface area (Å²) < 4.78 is 5.92. The fraction of sp³-hybridized carbons (Fsp3) is 0.316. The van der Waals surface area contributed by atoms with E-state index < -0.39 is 0 Å². The lowest BCUT2D eigenvalue weighted by Gasteiger charge is -2.29. The van der Waals surface area contributed by atoms with Crippen molar-refractivity contribution < 1.29 is 9.53 Å². The second-order valence-electron chi connectivity index (χ2n) is 6.66. The number of piperidine rings is 1. The third-order valence-corrected chi connectivity index (χ3v) is 4.57. The molecule has 1 atom stereocenters. The quantitative estimate of drug-likeness (QED) is 0.755. The Morgan fingerprint density at radius 1 is 1.31 bits per heavy atom. The zero-order chi connectivity index (χ0) is 17.9. The molecule has 0 spiro atoms. The normalized spacial score (nSPS) is 18.0. The molecule has 1 aromatic carbocycles. The van der Waals surface area contributed by atoms with Crippen molar-refractivity contribution in [1.82, 2.24) is 20.1 Å². The van der Waals surface area contributed by atoms with Crippen LogP contribution in [-0.4, -0.2) is 52.2 Å². The smallest absolute Gasteiger partial charge is 0.257 e. The second kappa shape index (κ2) is 7.13. The number of pyridine rings is 1. The molecule has 0 bridgehead atoms. The molecule has 26 heavy (non-hydrogen) atoms. The highest BCUT2D eigenvalue weighted by atomic mass is 16.5. The number of benzene rings is 1. The maximum absolute atomic E-state index is 12.4. The summed E-state index contributed by atoms with van der Waals surface area (Å²) in [4.78, 5) is 19.0. The van der Waals surface area contributed by atoms with E-state index >= 15 is 0 Å². The topological polar surface area (TPSA) is 83.1 Å². The molecule has 2 N–H and O–H groups in total. The van der Waals surface area contributed by atoms with Gasteiger partial charge < -0.3 is 15.0 Å². The number of H-pyrrole nitrogens is 1. The summed E-state index contributed by atoms with van der Waals surface area (Å²) in [7, 11) is 2.09. The summed E-state index contributed by atoms with van der Waals surface area (Å²) in [5, 5.41) is 10.7. The van der Waals surface area contributed by atoms with Crippen molar-refractivity contribution in [2.45, 2.75) is 18.9 Å². The average molecular weight is 351 g/mol. The van der Waals surface area contributed by atoms with E-state index in [-0.39, 0.29) is 12.0 Å². The number of likely N-dealkylation sites (tertiary alicyclic amines) is 1. The predicted octanol–water partition coefficient (Wildman–Crippen LogP) is 2.68. The molecule has 1 aliphatic rings. The Bertz CT molecular complexity index is 906. The van der Waals surface area contributed by atoms with E-state index in [0.717, 1.165) is 42.5 Å². The lowest BCUT2D eigenvalue weighted by Crippen LogP contribution is -2.38. The molecule has 134 valence electrons. The van der Waals surface area contributed by atoms with E-state index in [0.29, 0.717) is 11.4 Å². The van der Waals surface area contributed by atoms with Crippen LogP contribution in [-0.2, 0) is 0 Å². The number of nitrogens with zero attached hydrogens (tertiary/aromatic N) is 3. The molecule has 1 fully saturated rings. The van der Waals surface area contributed by atoms with Crippen molar-refractivity contribution in [2.24, 2.45) is 0 Å². The maximum atomic E-state index is 12.4. The van der Waals surface area contributed by atoms with Crippen LogP contribution in [0.15, 0.2) is 42.7 Å². The van der Waals surface area contributed by atoms with Gasteiger partial charge in [0.2, 0.25) is 5.88 Å². The number of carbonyl (C=O) groups excluding carboxylic acids is 1. The number of hydrogen-bond donors (Lipinski definition) is 2. The number of nitrogens with one attached hydrogen (secondary N) is 2. The van der Waals surface area contributed by atoms with E-state index in [1.165, 1.54) is 0 Å². The van der Waals surface area contributed by atoms with Crippen molar-refractivity contribution in [2.75, 3.05) is 25.5 Å². The Morgan fingerprint density at radius 3 is 3.04 bits per heavy atom. The molecule has 0 saturated carbocycles. The van der Waals surface area contributed by atoms with Gasteiger partial charge in [-0.3, -0.25) is 9.89 Å². The Hall–Kier alpha value is -2.93. The monoisotopic (exact) mass is 351 g/mol. The zero-order valence-electron chi connectivity index (χ0n) is 14.6. The second-order valence-corrected chi connectivity index (χ2v) is 6.66. The number of anilines is 1. The van der Waals surface area contributed by atoms with Gasteiger partial charge in [-0.1, -0.05) is 0 Å². The van der Waals surface area contributed by atoms with Crippen LogP contribution in [0, 0.1) is 0 Å². The molecule has 7 nitrogen and oxygen atoms in total. The van der Waals surface area contributed by atoms with Gasteiger partial charge in [0.05, 0.1) is 17.3 Å². The summed E-state index contributed by atoms with van der Waals surface area (Å²) in [6.45, 7) is 2.01. The molecule has 1 aliphatic heterocycles. The predicted molar refractivity (Wildman–Crippen MR) is 99.4 cm³/mol. The third kappa shape index (κ3) is 3.67. The Labute approximate surface area is 151 Å². The highest BCUT2D eigenvalue weighted by molar-refractivity contribution is 6.04. The molecular weight excluding hydrogens is 330 g/mol. The van der Waals surface area contributed by atoms with Crippen LogP contribution in [0.4, 0.5) is 5.69 Å². The van der Waals surface area contributed by atoms with Crippen molar-refractivity contribution in [3.63, 3.8) is 0 Å². The molecule has 0 aliphatic carbocycles. The van der Waals surface area contributed by atoms with Gasteiger partial charge in [-0.05, 0) is 50.7 Å². The average Bonchev–Trinajstić information content (AvgIpc) is 3.10. The molecule has 4 rings (SSSR count). The first-order valence-corrected chi connectivity index (χ1v) is 8.73. The van der Waals surface area contributed by atoms with Crippen LogP contribution in [0.3, 0.4) is 0 Å². The number of fused-ring (bicyclic) bond motifs is 1. The molecule has 2 aromatic heterocycles. The van der Waals surface area contributed by atoms with E-state index in [4.69, 9.17) is 4.74 Å².